The molecule has 2 aromatic rings. The Bertz CT molecular complexity index is 915. The molecule has 0 saturated carbocycles. The Balaban J connectivity index is 1.95. The Kier molecular flexibility index (Phi) is 8.68. The summed E-state index contributed by atoms with van der Waals surface area (Å²) in [6.45, 7) is 5.58. The van der Waals surface area contributed by atoms with Gasteiger partial charge in [0, 0.05) is 10.6 Å². The van der Waals surface area contributed by atoms with E-state index in [2.05, 4.69) is 15.8 Å². The number of phenols is 1. The average molecular weight is 432 g/mol. The fraction of sp³-hybridized carbons (Fsp3) is 0.318. The van der Waals surface area contributed by atoms with Gasteiger partial charge >= 0.3 is 0 Å². The Hall–Kier alpha value is -3.06. The number of para-hydroxylation sites is 1. The number of benzene rings is 2. The topological polar surface area (TPSA) is 100 Å². The van der Waals surface area contributed by atoms with Crippen LogP contribution in [-0.2, 0) is 9.59 Å². The Morgan fingerprint density at radius 3 is 2.67 bits per heavy atom. The van der Waals surface area contributed by atoms with Crippen molar-refractivity contribution >= 4 is 29.6 Å². The third kappa shape index (κ3) is 7.40. The lowest BCUT2D eigenvalue weighted by molar-refractivity contribution is -0.130. The quantitative estimate of drug-likeness (QED) is 0.418. The monoisotopic (exact) mass is 431 g/mol. The number of carbonyl (C=O) groups is 2. The molecule has 0 heterocycles. The van der Waals surface area contributed by atoms with Crippen LogP contribution in [0.2, 0.25) is 5.02 Å². The zero-order chi connectivity index (χ0) is 22.1. The number of aryl methyl sites for hydroxylation is 1. The number of ether oxygens (including phenoxy) is 1. The van der Waals surface area contributed by atoms with Crippen LogP contribution >= 0.6 is 11.6 Å². The third-order valence-electron chi connectivity index (χ3n) is 4.18. The SMILES string of the molecule is Cc1ccccc1OCC(=O)N[C@@H](CC(C)C)C(=O)N/N=C\c1cc(Cl)ccc1O. The molecule has 7 nitrogen and oxygen atoms in total. The summed E-state index contributed by atoms with van der Waals surface area (Å²) in [7, 11) is 0. The molecule has 0 aliphatic carbocycles. The van der Waals surface area contributed by atoms with Gasteiger partial charge in [0.2, 0.25) is 0 Å². The van der Waals surface area contributed by atoms with Crippen LogP contribution in [0.5, 0.6) is 11.5 Å². The number of phenolic OH excluding ortho intramolecular Hbond substituents is 1. The minimum atomic E-state index is -0.775. The highest BCUT2D eigenvalue weighted by atomic mass is 35.5. The molecule has 30 heavy (non-hydrogen) atoms. The number of rotatable bonds is 9. The van der Waals surface area contributed by atoms with Gasteiger partial charge in [0.15, 0.2) is 6.61 Å². The van der Waals surface area contributed by atoms with Crippen molar-refractivity contribution in [2.75, 3.05) is 6.61 Å². The summed E-state index contributed by atoms with van der Waals surface area (Å²) in [4.78, 5) is 24.8. The molecule has 2 rings (SSSR count). The molecule has 3 N–H and O–H groups in total. The number of hydrogen-bond donors (Lipinski definition) is 3. The molecule has 0 unspecified atom stereocenters. The van der Waals surface area contributed by atoms with Crippen LogP contribution in [0.4, 0.5) is 0 Å². The lowest BCUT2D eigenvalue weighted by Crippen LogP contribution is -2.47. The van der Waals surface area contributed by atoms with Gasteiger partial charge in [-0.1, -0.05) is 43.6 Å². The molecule has 0 aromatic heterocycles. The van der Waals surface area contributed by atoms with Crippen molar-refractivity contribution in [3.05, 3.63) is 58.6 Å². The summed E-state index contributed by atoms with van der Waals surface area (Å²) >= 11 is 5.89. The molecular formula is C22H26ClN3O4. The summed E-state index contributed by atoms with van der Waals surface area (Å²) in [5.41, 5.74) is 3.67. The van der Waals surface area contributed by atoms with Crippen molar-refractivity contribution in [3.8, 4) is 11.5 Å². The van der Waals surface area contributed by atoms with E-state index in [1.807, 2.05) is 39.0 Å². The number of hydrazone groups is 1. The smallest absolute Gasteiger partial charge is 0.262 e. The molecule has 0 saturated heterocycles. The molecule has 0 radical (unpaired) electrons. The first kappa shape index (κ1) is 23.2. The van der Waals surface area contributed by atoms with Crippen LogP contribution in [-0.4, -0.2) is 35.8 Å². The van der Waals surface area contributed by atoms with Gasteiger partial charge in [0.25, 0.3) is 11.8 Å². The van der Waals surface area contributed by atoms with Gasteiger partial charge < -0.3 is 15.2 Å². The van der Waals surface area contributed by atoms with E-state index in [0.29, 0.717) is 22.8 Å². The van der Waals surface area contributed by atoms with Gasteiger partial charge in [-0.3, -0.25) is 9.59 Å². The number of hydrogen-bond acceptors (Lipinski definition) is 5. The zero-order valence-corrected chi connectivity index (χ0v) is 17.9. The van der Waals surface area contributed by atoms with Crippen LogP contribution < -0.4 is 15.5 Å². The van der Waals surface area contributed by atoms with Crippen LogP contribution in [0.1, 0.15) is 31.4 Å². The number of nitrogens with zero attached hydrogens (tertiary/aromatic N) is 1. The molecule has 0 bridgehead atoms. The van der Waals surface area contributed by atoms with E-state index in [-0.39, 0.29) is 18.3 Å². The highest BCUT2D eigenvalue weighted by Gasteiger charge is 2.22. The standard InChI is InChI=1S/C22H26ClN3O4/c1-14(2)10-18(25-21(28)13-30-20-7-5-4-6-15(20)3)22(29)26-24-12-16-11-17(23)8-9-19(16)27/h4-9,11-12,14,18,27H,10,13H2,1-3H3,(H,25,28)(H,26,29)/b24-12-/t18-/m0/s1. The van der Waals surface area contributed by atoms with Crippen LogP contribution in [0.3, 0.4) is 0 Å². The van der Waals surface area contributed by atoms with Crippen molar-refractivity contribution in [2.24, 2.45) is 11.0 Å². The molecule has 1 atom stereocenters. The van der Waals surface area contributed by atoms with Crippen LogP contribution in [0.25, 0.3) is 0 Å². The first-order valence-corrected chi connectivity index (χ1v) is 9.93. The van der Waals surface area contributed by atoms with E-state index in [1.54, 1.807) is 12.1 Å². The fourth-order valence-corrected chi connectivity index (χ4v) is 2.85. The Morgan fingerprint density at radius 2 is 1.97 bits per heavy atom. The van der Waals surface area contributed by atoms with Gasteiger partial charge in [-0.2, -0.15) is 5.10 Å². The molecule has 0 fully saturated rings. The van der Waals surface area contributed by atoms with Crippen LogP contribution in [0, 0.1) is 12.8 Å². The number of aromatic hydroxyl groups is 1. The zero-order valence-electron chi connectivity index (χ0n) is 17.2. The second-order valence-corrected chi connectivity index (χ2v) is 7.68. The van der Waals surface area contributed by atoms with Gasteiger partial charge in [-0.25, -0.2) is 5.43 Å². The molecule has 2 amide bonds. The van der Waals surface area contributed by atoms with E-state index >= 15 is 0 Å². The third-order valence-corrected chi connectivity index (χ3v) is 4.41. The van der Waals surface area contributed by atoms with Crippen molar-refractivity contribution in [3.63, 3.8) is 0 Å². The fourth-order valence-electron chi connectivity index (χ4n) is 2.67. The van der Waals surface area contributed by atoms with Gasteiger partial charge in [-0.05, 0) is 49.1 Å². The first-order chi connectivity index (χ1) is 14.3. The second kappa shape index (κ2) is 11.2. The van der Waals surface area contributed by atoms with Gasteiger partial charge in [-0.15, -0.1) is 0 Å². The summed E-state index contributed by atoms with van der Waals surface area (Å²) in [6.07, 6.45) is 1.72. The molecule has 2 aromatic carbocycles. The Morgan fingerprint density at radius 1 is 1.23 bits per heavy atom. The number of halogens is 1. The summed E-state index contributed by atoms with van der Waals surface area (Å²) in [6, 6.07) is 11.1. The number of amides is 2. The normalized spacial score (nSPS) is 12.0. The largest absolute Gasteiger partial charge is 0.507 e. The lowest BCUT2D eigenvalue weighted by Gasteiger charge is -2.19. The summed E-state index contributed by atoms with van der Waals surface area (Å²) < 4.78 is 5.53. The van der Waals surface area contributed by atoms with E-state index in [0.717, 1.165) is 5.56 Å². The van der Waals surface area contributed by atoms with Crippen molar-refractivity contribution in [1.82, 2.24) is 10.7 Å². The van der Waals surface area contributed by atoms with E-state index in [9.17, 15) is 14.7 Å². The maximum atomic E-state index is 12.5. The van der Waals surface area contributed by atoms with Crippen LogP contribution in [0.15, 0.2) is 47.6 Å². The molecule has 0 aliphatic heterocycles. The van der Waals surface area contributed by atoms with Crippen molar-refractivity contribution in [1.29, 1.82) is 0 Å². The highest BCUT2D eigenvalue weighted by Crippen LogP contribution is 2.19. The predicted octanol–water partition coefficient (Wildman–Crippen LogP) is 3.41. The lowest BCUT2D eigenvalue weighted by atomic mass is 10.0. The van der Waals surface area contributed by atoms with Crippen molar-refractivity contribution in [2.45, 2.75) is 33.2 Å². The molecule has 8 heteroatoms. The summed E-state index contributed by atoms with van der Waals surface area (Å²) in [5.74, 6) is -0.109. The maximum Gasteiger partial charge on any atom is 0.262 e. The molecule has 160 valence electrons. The molecule has 0 aliphatic rings. The maximum absolute atomic E-state index is 12.5. The van der Waals surface area contributed by atoms with E-state index < -0.39 is 17.9 Å². The van der Waals surface area contributed by atoms with E-state index in [1.165, 1.54) is 18.3 Å². The minimum Gasteiger partial charge on any atom is -0.507 e. The second-order valence-electron chi connectivity index (χ2n) is 7.24. The average Bonchev–Trinajstić information content (AvgIpc) is 2.69. The minimum absolute atomic E-state index is 0.0159. The highest BCUT2D eigenvalue weighted by molar-refractivity contribution is 6.30. The van der Waals surface area contributed by atoms with Gasteiger partial charge in [0.1, 0.15) is 17.5 Å². The number of carbonyl (C=O) groups excluding carboxylic acids is 2. The summed E-state index contributed by atoms with van der Waals surface area (Å²) in [5, 5.41) is 16.8. The Labute approximate surface area is 181 Å². The first-order valence-electron chi connectivity index (χ1n) is 9.55. The molecular weight excluding hydrogens is 406 g/mol. The van der Waals surface area contributed by atoms with Crippen molar-refractivity contribution < 1.29 is 19.4 Å². The molecule has 0 spiro atoms. The van der Waals surface area contributed by atoms with Gasteiger partial charge in [0.05, 0.1) is 6.21 Å². The van der Waals surface area contributed by atoms with E-state index in [4.69, 9.17) is 16.3 Å². The number of nitrogens with one attached hydrogen (secondary N) is 2. The predicted molar refractivity (Wildman–Crippen MR) is 117 cm³/mol.